The highest BCUT2D eigenvalue weighted by Crippen LogP contribution is 2.31. The number of pyridine rings is 2. The molecule has 0 aliphatic carbocycles. The fourth-order valence-electron chi connectivity index (χ4n) is 3.11. The lowest BCUT2D eigenvalue weighted by Gasteiger charge is -2.17. The third-order valence-corrected chi connectivity index (χ3v) is 4.64. The van der Waals surface area contributed by atoms with E-state index in [1.807, 2.05) is 0 Å². The van der Waals surface area contributed by atoms with Crippen molar-refractivity contribution in [2.24, 2.45) is 0 Å². The second-order valence-corrected chi connectivity index (χ2v) is 7.13. The van der Waals surface area contributed by atoms with Gasteiger partial charge in [-0.1, -0.05) is 6.07 Å². The van der Waals surface area contributed by atoms with Gasteiger partial charge in [0.1, 0.15) is 17.1 Å². The van der Waals surface area contributed by atoms with E-state index in [1.54, 1.807) is 4.90 Å². The zero-order chi connectivity index (χ0) is 23.8. The summed E-state index contributed by atoms with van der Waals surface area (Å²) in [6, 6.07) is 5.19. The zero-order valence-electron chi connectivity index (χ0n) is 16.6. The van der Waals surface area contributed by atoms with Gasteiger partial charge >= 0.3 is 12.4 Å². The van der Waals surface area contributed by atoms with E-state index < -0.39 is 29.8 Å². The van der Waals surface area contributed by atoms with Crippen molar-refractivity contribution in [3.63, 3.8) is 0 Å². The summed E-state index contributed by atoms with van der Waals surface area (Å²) in [6.45, 7) is 0.542. The number of aliphatic hydroxyl groups is 1. The summed E-state index contributed by atoms with van der Waals surface area (Å²) in [5.41, 5.74) is -2.55. The molecular formula is C19H15F6N7O. The smallest absolute Gasteiger partial charge is 0.391 e. The number of nitrogens with zero attached hydrogens (tertiary/aromatic N) is 6. The maximum absolute atomic E-state index is 13.1. The third kappa shape index (κ3) is 5.27. The van der Waals surface area contributed by atoms with Gasteiger partial charge in [0.15, 0.2) is 5.82 Å². The number of halogens is 6. The number of aromatic nitrogens is 5. The summed E-state index contributed by atoms with van der Waals surface area (Å²) in [5.74, 6) is -0.404. The van der Waals surface area contributed by atoms with Crippen molar-refractivity contribution in [2.75, 3.05) is 23.3 Å². The Morgan fingerprint density at radius 1 is 0.939 bits per heavy atom. The van der Waals surface area contributed by atoms with E-state index in [1.165, 1.54) is 12.1 Å². The number of hydrogen-bond donors (Lipinski definition) is 2. The first-order valence-electron chi connectivity index (χ1n) is 9.53. The topological polar surface area (TPSA) is 100.0 Å². The molecule has 0 radical (unpaired) electrons. The molecule has 2 N–H and O–H groups in total. The molecule has 1 aliphatic heterocycles. The van der Waals surface area contributed by atoms with Gasteiger partial charge in [0.05, 0.1) is 6.10 Å². The Bertz CT molecular complexity index is 1150. The fourth-order valence-corrected chi connectivity index (χ4v) is 3.11. The van der Waals surface area contributed by atoms with Crippen LogP contribution in [0.15, 0.2) is 36.5 Å². The van der Waals surface area contributed by atoms with E-state index in [9.17, 15) is 31.4 Å². The summed E-state index contributed by atoms with van der Waals surface area (Å²) in [5, 5.41) is 12.4. The Hall–Kier alpha value is -3.55. The summed E-state index contributed by atoms with van der Waals surface area (Å²) in [6.07, 6.45) is -8.66. The molecule has 0 bridgehead atoms. The molecule has 174 valence electrons. The molecule has 0 unspecified atom stereocenters. The van der Waals surface area contributed by atoms with Crippen LogP contribution in [0.4, 0.5) is 43.9 Å². The SMILES string of the molecule is O[C@H]1CCN(c2nc(Nc3ccnc(C(F)(F)F)c3)nc(-c3cccc(C(F)(F)F)n3)n2)C1. The van der Waals surface area contributed by atoms with Crippen molar-refractivity contribution >= 4 is 17.6 Å². The quantitative estimate of drug-likeness (QED) is 0.556. The maximum Gasteiger partial charge on any atom is 0.433 e. The minimum absolute atomic E-state index is 0.0309. The van der Waals surface area contributed by atoms with Gasteiger partial charge < -0.3 is 15.3 Å². The van der Waals surface area contributed by atoms with E-state index >= 15 is 0 Å². The Kier molecular flexibility index (Phi) is 5.78. The predicted octanol–water partition coefficient (Wildman–Crippen LogP) is 3.68. The number of nitrogens with one attached hydrogen (secondary N) is 1. The lowest BCUT2D eigenvalue weighted by molar-refractivity contribution is -0.141. The average Bonchev–Trinajstić information content (AvgIpc) is 3.19. The largest absolute Gasteiger partial charge is 0.433 e. The Balaban J connectivity index is 1.75. The monoisotopic (exact) mass is 471 g/mol. The van der Waals surface area contributed by atoms with Crippen LogP contribution in [0.2, 0.25) is 0 Å². The number of aliphatic hydroxyl groups excluding tert-OH is 1. The minimum atomic E-state index is -4.70. The highest BCUT2D eigenvalue weighted by molar-refractivity contribution is 5.59. The van der Waals surface area contributed by atoms with Crippen molar-refractivity contribution in [3.05, 3.63) is 47.9 Å². The van der Waals surface area contributed by atoms with Crippen molar-refractivity contribution in [2.45, 2.75) is 24.9 Å². The molecule has 8 nitrogen and oxygen atoms in total. The summed E-state index contributed by atoms with van der Waals surface area (Å²) < 4.78 is 78.2. The second-order valence-electron chi connectivity index (χ2n) is 7.13. The number of anilines is 3. The number of rotatable bonds is 4. The molecule has 4 heterocycles. The van der Waals surface area contributed by atoms with Crippen molar-refractivity contribution in [3.8, 4) is 11.5 Å². The van der Waals surface area contributed by atoms with Gasteiger partial charge in [-0.15, -0.1) is 0 Å². The highest BCUT2D eigenvalue weighted by atomic mass is 19.4. The van der Waals surface area contributed by atoms with Crippen LogP contribution in [0.5, 0.6) is 0 Å². The van der Waals surface area contributed by atoms with Crippen LogP contribution in [-0.2, 0) is 12.4 Å². The van der Waals surface area contributed by atoms with Crippen LogP contribution >= 0.6 is 0 Å². The molecule has 0 spiro atoms. The van der Waals surface area contributed by atoms with E-state index in [-0.39, 0.29) is 35.6 Å². The van der Waals surface area contributed by atoms with Gasteiger partial charge in [-0.25, -0.2) is 4.98 Å². The predicted molar refractivity (Wildman–Crippen MR) is 103 cm³/mol. The molecule has 14 heteroatoms. The molecule has 1 atom stereocenters. The third-order valence-electron chi connectivity index (χ3n) is 4.64. The summed E-state index contributed by atoms with van der Waals surface area (Å²) >= 11 is 0. The normalized spacial score (nSPS) is 16.8. The summed E-state index contributed by atoms with van der Waals surface area (Å²) in [7, 11) is 0. The van der Waals surface area contributed by atoms with Gasteiger partial charge in [-0.05, 0) is 30.7 Å². The molecule has 1 fully saturated rings. The molecule has 3 aromatic rings. The van der Waals surface area contributed by atoms with E-state index in [2.05, 4.69) is 30.2 Å². The molecule has 33 heavy (non-hydrogen) atoms. The molecule has 0 amide bonds. The summed E-state index contributed by atoms with van der Waals surface area (Å²) in [4.78, 5) is 20.8. The number of alkyl halides is 6. The van der Waals surface area contributed by atoms with Crippen LogP contribution in [0.1, 0.15) is 17.8 Å². The van der Waals surface area contributed by atoms with Crippen molar-refractivity contribution in [1.82, 2.24) is 24.9 Å². The Morgan fingerprint density at radius 3 is 2.36 bits per heavy atom. The van der Waals surface area contributed by atoms with Crippen LogP contribution < -0.4 is 10.2 Å². The molecular weight excluding hydrogens is 456 g/mol. The molecule has 1 aliphatic rings. The van der Waals surface area contributed by atoms with Gasteiger partial charge in [0, 0.05) is 25.0 Å². The van der Waals surface area contributed by atoms with Crippen molar-refractivity contribution in [1.29, 1.82) is 0 Å². The van der Waals surface area contributed by atoms with Gasteiger partial charge in [-0.2, -0.15) is 41.3 Å². The Morgan fingerprint density at radius 2 is 1.70 bits per heavy atom. The van der Waals surface area contributed by atoms with E-state index in [4.69, 9.17) is 0 Å². The maximum atomic E-state index is 13.1. The molecule has 4 rings (SSSR count). The van der Waals surface area contributed by atoms with E-state index in [0.717, 1.165) is 24.4 Å². The minimum Gasteiger partial charge on any atom is -0.391 e. The first-order valence-corrected chi connectivity index (χ1v) is 9.53. The first-order chi connectivity index (χ1) is 15.5. The van der Waals surface area contributed by atoms with Gasteiger partial charge in [0.25, 0.3) is 0 Å². The molecule has 0 aromatic carbocycles. The standard InChI is InChI=1S/C19H15F6N7O/c20-18(21,22)13-3-1-2-12(28-13)15-29-16(31-17(30-15)32-7-5-11(33)9-32)27-10-4-6-26-14(8-10)19(23,24)25/h1-4,6,8,11,33H,5,7,9H2,(H,26,27,29,30,31)/t11-/m0/s1. The number of hydrogen-bond acceptors (Lipinski definition) is 8. The van der Waals surface area contributed by atoms with Gasteiger partial charge in [0.2, 0.25) is 11.9 Å². The van der Waals surface area contributed by atoms with Crippen LogP contribution in [-0.4, -0.2) is 49.2 Å². The van der Waals surface area contributed by atoms with Crippen LogP contribution in [0, 0.1) is 0 Å². The highest BCUT2D eigenvalue weighted by Gasteiger charge is 2.34. The van der Waals surface area contributed by atoms with Crippen LogP contribution in [0.3, 0.4) is 0 Å². The van der Waals surface area contributed by atoms with Crippen LogP contribution in [0.25, 0.3) is 11.5 Å². The molecule has 3 aromatic heterocycles. The first kappa shape index (κ1) is 22.6. The lowest BCUT2D eigenvalue weighted by Crippen LogP contribution is -2.24. The van der Waals surface area contributed by atoms with E-state index in [0.29, 0.717) is 13.0 Å². The average molecular weight is 471 g/mol. The fraction of sp³-hybridized carbons (Fsp3) is 0.316. The lowest BCUT2D eigenvalue weighted by atomic mass is 10.3. The zero-order valence-corrected chi connectivity index (χ0v) is 16.6. The van der Waals surface area contributed by atoms with Crippen molar-refractivity contribution < 1.29 is 31.4 Å². The number of β-amino-alcohol motifs (C(OH)–C–C–N with tert-alkyl or cyclic N) is 1. The molecule has 1 saturated heterocycles. The molecule has 0 saturated carbocycles. The van der Waals surface area contributed by atoms with Gasteiger partial charge in [-0.3, -0.25) is 4.98 Å². The Labute approximate surface area is 182 Å². The second kappa shape index (κ2) is 8.42.